The molecule has 0 unspecified atom stereocenters. The lowest BCUT2D eigenvalue weighted by atomic mass is 9.84. The van der Waals surface area contributed by atoms with Crippen LogP contribution in [0.25, 0.3) is 22.3 Å². The zero-order valence-electron chi connectivity index (χ0n) is 20.1. The van der Waals surface area contributed by atoms with E-state index in [1.54, 1.807) is 29.3 Å². The molecule has 2 N–H and O–H groups in total. The molecule has 0 bridgehead atoms. The number of aromatic amines is 1. The summed E-state index contributed by atoms with van der Waals surface area (Å²) in [5.74, 6) is -0.445. The van der Waals surface area contributed by atoms with Gasteiger partial charge in [0.15, 0.2) is 0 Å². The number of fused-ring (bicyclic) bond motifs is 1. The molecule has 2 aliphatic heterocycles. The number of carbonyl (C=O) groups is 1. The maximum absolute atomic E-state index is 13.9. The molecule has 2 aliphatic rings. The summed E-state index contributed by atoms with van der Waals surface area (Å²) in [7, 11) is 0. The molecule has 188 valence electrons. The van der Waals surface area contributed by atoms with Gasteiger partial charge in [-0.1, -0.05) is 12.1 Å². The number of hydrogen-bond donors (Lipinski definition) is 2. The van der Waals surface area contributed by atoms with Crippen molar-refractivity contribution in [1.29, 1.82) is 5.26 Å². The van der Waals surface area contributed by atoms with Crippen molar-refractivity contribution in [3.05, 3.63) is 61.1 Å². The number of aromatic nitrogens is 5. The number of hydrogen-bond acceptors (Lipinski definition) is 6. The minimum absolute atomic E-state index is 0.191. The van der Waals surface area contributed by atoms with Crippen LogP contribution in [0.5, 0.6) is 0 Å². The highest BCUT2D eigenvalue weighted by molar-refractivity contribution is 5.90. The Labute approximate surface area is 212 Å². The number of anilines is 1. The third-order valence-corrected chi connectivity index (χ3v) is 7.48. The summed E-state index contributed by atoms with van der Waals surface area (Å²) in [6, 6.07) is 10.5. The lowest BCUT2D eigenvalue weighted by Gasteiger charge is -2.53. The monoisotopic (exact) mass is 499 g/mol. The number of halogens is 1. The molecule has 11 heteroatoms. The van der Waals surface area contributed by atoms with Crippen LogP contribution in [0.15, 0.2) is 55.2 Å². The number of benzene rings is 1. The van der Waals surface area contributed by atoms with Crippen molar-refractivity contribution in [1.82, 2.24) is 34.5 Å². The second-order valence-electron chi connectivity index (χ2n) is 9.73. The predicted octanol–water partition coefficient (Wildman–Crippen LogP) is 3.58. The van der Waals surface area contributed by atoms with Gasteiger partial charge in [-0.15, -0.1) is 0 Å². The van der Waals surface area contributed by atoms with Crippen molar-refractivity contribution < 1.29 is 9.18 Å². The van der Waals surface area contributed by atoms with Crippen LogP contribution in [0, 0.1) is 17.1 Å². The largest absolute Gasteiger partial charge is 0.346 e. The molecule has 0 saturated carbocycles. The zero-order chi connectivity index (χ0) is 25.4. The summed E-state index contributed by atoms with van der Waals surface area (Å²) in [6.45, 7) is 2.63. The van der Waals surface area contributed by atoms with Gasteiger partial charge < -0.3 is 15.2 Å². The Hall–Kier alpha value is -4.30. The van der Waals surface area contributed by atoms with E-state index in [2.05, 4.69) is 36.3 Å². The van der Waals surface area contributed by atoms with Gasteiger partial charge in [-0.3, -0.25) is 9.58 Å². The molecule has 10 nitrogen and oxygen atoms in total. The van der Waals surface area contributed by atoms with Crippen LogP contribution >= 0.6 is 0 Å². The third kappa shape index (κ3) is 4.19. The second kappa shape index (κ2) is 9.29. The van der Waals surface area contributed by atoms with Gasteiger partial charge in [0.1, 0.15) is 23.3 Å². The highest BCUT2D eigenvalue weighted by atomic mass is 19.1. The van der Waals surface area contributed by atoms with Crippen LogP contribution in [0.4, 0.5) is 14.9 Å². The van der Waals surface area contributed by atoms with Crippen LogP contribution in [0.1, 0.15) is 19.3 Å². The minimum atomic E-state index is -0.445. The molecule has 0 spiro atoms. The van der Waals surface area contributed by atoms with Crippen molar-refractivity contribution in [3.63, 3.8) is 0 Å². The fourth-order valence-corrected chi connectivity index (χ4v) is 5.45. The van der Waals surface area contributed by atoms with Gasteiger partial charge in [-0.05, 0) is 31.0 Å². The molecular formula is C26H26FN9O. The number of H-pyrrole nitrogens is 1. The smallest absolute Gasteiger partial charge is 0.321 e. The van der Waals surface area contributed by atoms with E-state index in [1.165, 1.54) is 12.4 Å². The number of carbonyl (C=O) groups excluding carboxylic acids is 1. The quantitative estimate of drug-likeness (QED) is 0.433. The van der Waals surface area contributed by atoms with Crippen molar-refractivity contribution in [2.24, 2.45) is 0 Å². The van der Waals surface area contributed by atoms with Crippen LogP contribution in [-0.4, -0.2) is 72.8 Å². The number of urea groups is 1. The molecule has 0 aliphatic carbocycles. The van der Waals surface area contributed by atoms with E-state index in [9.17, 15) is 14.4 Å². The lowest BCUT2D eigenvalue weighted by Crippen LogP contribution is -2.66. The molecule has 6 rings (SSSR count). The molecule has 0 radical (unpaired) electrons. The Morgan fingerprint density at radius 2 is 2.03 bits per heavy atom. The molecule has 3 aromatic heterocycles. The summed E-state index contributed by atoms with van der Waals surface area (Å²) >= 11 is 0. The summed E-state index contributed by atoms with van der Waals surface area (Å²) < 4.78 is 15.8. The van der Waals surface area contributed by atoms with Gasteiger partial charge in [-0.25, -0.2) is 19.2 Å². The molecule has 0 atom stereocenters. The first kappa shape index (κ1) is 23.1. The number of piperidine rings is 1. The summed E-state index contributed by atoms with van der Waals surface area (Å²) in [5, 5.41) is 17.8. The maximum atomic E-state index is 13.9. The Morgan fingerprint density at radius 1 is 1.22 bits per heavy atom. The standard InChI is InChI=1S/C26H26FN9O/c27-21-3-1-2-4-22(21)33-25(37)34-11-6-19(7-12-34)35-15-26(16-35,8-9-28)36-14-18(13-32-36)23-20-5-10-29-24(20)31-17-30-23/h1-5,10,13-14,17,19H,6-8,11-12,15-16H2,(H,33,37)(H,29,30,31). The molecule has 4 aromatic rings. The van der Waals surface area contributed by atoms with Crippen LogP contribution in [0.2, 0.25) is 0 Å². The SMILES string of the molecule is N#CCC1(n2cc(-c3ncnc4[nH]ccc34)cn2)CN(C2CCN(C(=O)Nc3ccccc3F)CC2)C1. The van der Waals surface area contributed by atoms with E-state index >= 15 is 0 Å². The molecule has 5 heterocycles. The van der Waals surface area contributed by atoms with Crippen LogP contribution < -0.4 is 5.32 Å². The van der Waals surface area contributed by atoms with Crippen LogP contribution in [-0.2, 0) is 5.54 Å². The zero-order valence-corrected chi connectivity index (χ0v) is 20.1. The fraction of sp³-hybridized carbons (Fsp3) is 0.346. The second-order valence-corrected chi connectivity index (χ2v) is 9.73. The molecule has 1 aromatic carbocycles. The van der Waals surface area contributed by atoms with E-state index in [0.717, 1.165) is 48.2 Å². The fourth-order valence-electron chi connectivity index (χ4n) is 5.45. The Bertz CT molecular complexity index is 1470. The van der Waals surface area contributed by atoms with Gasteiger partial charge in [0.05, 0.1) is 30.1 Å². The predicted molar refractivity (Wildman–Crippen MR) is 135 cm³/mol. The minimum Gasteiger partial charge on any atom is -0.346 e. The number of nitrogens with one attached hydrogen (secondary N) is 2. The van der Waals surface area contributed by atoms with Crippen molar-refractivity contribution in [3.8, 4) is 17.3 Å². The summed E-state index contributed by atoms with van der Waals surface area (Å²) in [6.07, 6.45) is 9.14. The first-order chi connectivity index (χ1) is 18.1. The third-order valence-electron chi connectivity index (χ3n) is 7.48. The first-order valence-corrected chi connectivity index (χ1v) is 12.3. The van der Waals surface area contributed by atoms with E-state index in [1.807, 2.05) is 23.1 Å². The van der Waals surface area contributed by atoms with Gasteiger partial charge >= 0.3 is 6.03 Å². The van der Waals surface area contributed by atoms with Gasteiger partial charge in [0, 0.05) is 55.6 Å². The molecule has 37 heavy (non-hydrogen) atoms. The average molecular weight is 500 g/mol. The van der Waals surface area contributed by atoms with E-state index < -0.39 is 11.4 Å². The molecule has 2 fully saturated rings. The number of nitrogens with zero attached hydrogens (tertiary/aromatic N) is 7. The maximum Gasteiger partial charge on any atom is 0.321 e. The van der Waals surface area contributed by atoms with E-state index in [0.29, 0.717) is 25.6 Å². The average Bonchev–Trinajstić information content (AvgIpc) is 3.58. The van der Waals surface area contributed by atoms with Crippen molar-refractivity contribution in [2.75, 3.05) is 31.5 Å². The van der Waals surface area contributed by atoms with Gasteiger partial charge in [0.2, 0.25) is 0 Å². The topological polar surface area (TPSA) is 119 Å². The van der Waals surface area contributed by atoms with Gasteiger partial charge in [0.25, 0.3) is 0 Å². The summed E-state index contributed by atoms with van der Waals surface area (Å²) in [5.41, 5.74) is 2.26. The Balaban J connectivity index is 1.10. The van der Waals surface area contributed by atoms with Crippen molar-refractivity contribution in [2.45, 2.75) is 30.8 Å². The Kier molecular flexibility index (Phi) is 5.81. The molecular weight excluding hydrogens is 473 g/mol. The van der Waals surface area contributed by atoms with E-state index in [4.69, 9.17) is 0 Å². The van der Waals surface area contributed by atoms with E-state index in [-0.39, 0.29) is 11.7 Å². The number of rotatable bonds is 5. The highest BCUT2D eigenvalue weighted by Gasteiger charge is 2.48. The van der Waals surface area contributed by atoms with Gasteiger partial charge in [-0.2, -0.15) is 10.4 Å². The number of nitriles is 1. The lowest BCUT2D eigenvalue weighted by molar-refractivity contribution is -0.0399. The number of para-hydroxylation sites is 1. The van der Waals surface area contributed by atoms with Crippen LogP contribution in [0.3, 0.4) is 0 Å². The normalized spacial score (nSPS) is 17.9. The molecule has 2 amide bonds. The molecule has 2 saturated heterocycles. The number of likely N-dealkylation sites (tertiary alicyclic amines) is 2. The Morgan fingerprint density at radius 3 is 2.81 bits per heavy atom. The summed E-state index contributed by atoms with van der Waals surface area (Å²) in [4.78, 5) is 28.5. The first-order valence-electron chi connectivity index (χ1n) is 12.3. The van der Waals surface area contributed by atoms with Crippen molar-refractivity contribution >= 4 is 22.8 Å². The highest BCUT2D eigenvalue weighted by Crippen LogP contribution is 2.37. The number of amides is 2.